The van der Waals surface area contributed by atoms with Crippen LogP contribution in [0.25, 0.3) is 0 Å². The lowest BCUT2D eigenvalue weighted by molar-refractivity contribution is 0.225. The summed E-state index contributed by atoms with van der Waals surface area (Å²) >= 11 is 0. The van der Waals surface area contributed by atoms with Crippen molar-refractivity contribution in [3.8, 4) is 0 Å². The summed E-state index contributed by atoms with van der Waals surface area (Å²) in [7, 11) is 0. The highest BCUT2D eigenvalue weighted by Gasteiger charge is 2.25. The molecular formula is C15H28. The largest absolute Gasteiger partial charge is 0.103 e. The fourth-order valence-corrected chi connectivity index (χ4v) is 2.03. The fourth-order valence-electron chi connectivity index (χ4n) is 2.03. The van der Waals surface area contributed by atoms with Crippen molar-refractivity contribution in [1.29, 1.82) is 0 Å². The van der Waals surface area contributed by atoms with Gasteiger partial charge < -0.3 is 0 Å². The maximum atomic E-state index is 3.96. The van der Waals surface area contributed by atoms with Gasteiger partial charge in [-0.3, -0.25) is 0 Å². The van der Waals surface area contributed by atoms with Crippen LogP contribution in [0.3, 0.4) is 0 Å². The predicted molar refractivity (Wildman–Crippen MR) is 70.9 cm³/mol. The van der Waals surface area contributed by atoms with E-state index >= 15 is 0 Å². The van der Waals surface area contributed by atoms with Crippen molar-refractivity contribution in [2.75, 3.05) is 0 Å². The first kappa shape index (κ1) is 14.5. The van der Waals surface area contributed by atoms with Gasteiger partial charge in [0.2, 0.25) is 0 Å². The number of allylic oxidation sites excluding steroid dienone is 2. The first-order valence-corrected chi connectivity index (χ1v) is 6.16. The minimum absolute atomic E-state index is 0.300. The van der Waals surface area contributed by atoms with E-state index in [9.17, 15) is 0 Å². The van der Waals surface area contributed by atoms with E-state index in [2.05, 4.69) is 59.9 Å². The topological polar surface area (TPSA) is 0 Å². The monoisotopic (exact) mass is 208 g/mol. The minimum atomic E-state index is 0.300. The normalized spacial score (nSPS) is 21.1. The molecule has 0 heteroatoms. The van der Waals surface area contributed by atoms with Gasteiger partial charge in [-0.15, -0.1) is 13.2 Å². The zero-order valence-corrected chi connectivity index (χ0v) is 11.2. The molecule has 0 amide bonds. The predicted octanol–water partition coefficient (Wildman–Crippen LogP) is 5.07. The molecule has 0 aromatic carbocycles. The van der Waals surface area contributed by atoms with Crippen LogP contribution in [-0.2, 0) is 0 Å². The van der Waals surface area contributed by atoms with Crippen LogP contribution < -0.4 is 0 Å². The summed E-state index contributed by atoms with van der Waals surface area (Å²) in [6, 6.07) is 0. The third-order valence-corrected chi connectivity index (χ3v) is 4.19. The van der Waals surface area contributed by atoms with E-state index in [1.807, 2.05) is 0 Å². The zero-order chi connectivity index (χ0) is 12.1. The van der Waals surface area contributed by atoms with E-state index < -0.39 is 0 Å². The number of hydrogen-bond acceptors (Lipinski definition) is 0. The molecule has 0 N–H and O–H groups in total. The van der Waals surface area contributed by atoms with E-state index in [-0.39, 0.29) is 0 Å². The van der Waals surface area contributed by atoms with Crippen LogP contribution in [0.2, 0.25) is 0 Å². The first-order valence-electron chi connectivity index (χ1n) is 6.16. The second-order valence-electron chi connectivity index (χ2n) is 5.35. The summed E-state index contributed by atoms with van der Waals surface area (Å²) in [5.74, 6) is 2.03. The molecule has 88 valence electrons. The van der Waals surface area contributed by atoms with Crippen molar-refractivity contribution in [2.24, 2.45) is 23.2 Å². The second-order valence-corrected chi connectivity index (χ2v) is 5.35. The minimum Gasteiger partial charge on any atom is -0.103 e. The Bertz CT molecular complexity index is 204. The highest BCUT2D eigenvalue weighted by Crippen LogP contribution is 2.35. The summed E-state index contributed by atoms with van der Waals surface area (Å²) in [5.41, 5.74) is 0.300. The van der Waals surface area contributed by atoms with E-state index in [4.69, 9.17) is 0 Å². The summed E-state index contributed by atoms with van der Waals surface area (Å²) < 4.78 is 0. The SMILES string of the molecule is C=CC(C)C(C)C(C)CC(C)(C=C)CC. The molecule has 0 saturated carbocycles. The molecule has 4 unspecified atom stereocenters. The van der Waals surface area contributed by atoms with Crippen molar-refractivity contribution in [3.05, 3.63) is 25.3 Å². The van der Waals surface area contributed by atoms with E-state index in [1.54, 1.807) is 0 Å². The summed E-state index contributed by atoms with van der Waals surface area (Å²) in [5, 5.41) is 0. The molecule has 0 saturated heterocycles. The third kappa shape index (κ3) is 4.24. The highest BCUT2D eigenvalue weighted by atomic mass is 14.3. The smallest absolute Gasteiger partial charge is 0.0149 e. The average Bonchev–Trinajstić information content (AvgIpc) is 2.26. The molecule has 4 atom stereocenters. The molecule has 0 nitrogen and oxygen atoms in total. The summed E-state index contributed by atoms with van der Waals surface area (Å²) in [6.07, 6.45) is 6.59. The van der Waals surface area contributed by atoms with Crippen molar-refractivity contribution < 1.29 is 0 Å². The van der Waals surface area contributed by atoms with Crippen molar-refractivity contribution >= 4 is 0 Å². The van der Waals surface area contributed by atoms with Crippen molar-refractivity contribution in [3.63, 3.8) is 0 Å². The van der Waals surface area contributed by atoms with Crippen LogP contribution in [0, 0.1) is 23.2 Å². The molecule has 0 aliphatic heterocycles. The van der Waals surface area contributed by atoms with Gasteiger partial charge in [0, 0.05) is 0 Å². The van der Waals surface area contributed by atoms with Gasteiger partial charge in [0.1, 0.15) is 0 Å². The summed E-state index contributed by atoms with van der Waals surface area (Å²) in [4.78, 5) is 0. The molecule has 0 spiro atoms. The van der Waals surface area contributed by atoms with Crippen molar-refractivity contribution in [1.82, 2.24) is 0 Å². The molecule has 0 aromatic rings. The molecule has 0 fully saturated rings. The fraction of sp³-hybridized carbons (Fsp3) is 0.733. The number of hydrogen-bond donors (Lipinski definition) is 0. The lowest BCUT2D eigenvalue weighted by Crippen LogP contribution is -2.22. The van der Waals surface area contributed by atoms with Gasteiger partial charge in [-0.2, -0.15) is 0 Å². The van der Waals surface area contributed by atoms with Gasteiger partial charge in [0.25, 0.3) is 0 Å². The maximum Gasteiger partial charge on any atom is -0.0149 e. The number of rotatable bonds is 7. The van der Waals surface area contributed by atoms with E-state index in [0.29, 0.717) is 17.3 Å². The lowest BCUT2D eigenvalue weighted by atomic mass is 9.73. The van der Waals surface area contributed by atoms with Gasteiger partial charge in [-0.1, -0.05) is 46.8 Å². The van der Waals surface area contributed by atoms with Crippen LogP contribution in [0.5, 0.6) is 0 Å². The van der Waals surface area contributed by atoms with Gasteiger partial charge >= 0.3 is 0 Å². The average molecular weight is 208 g/mol. The maximum absolute atomic E-state index is 3.96. The Kier molecular flexibility index (Phi) is 5.93. The molecule has 0 radical (unpaired) electrons. The van der Waals surface area contributed by atoms with Gasteiger partial charge in [-0.05, 0) is 36.0 Å². The Balaban J connectivity index is 4.40. The molecule has 0 rings (SSSR count). The van der Waals surface area contributed by atoms with Crippen LogP contribution in [0.1, 0.15) is 47.5 Å². The van der Waals surface area contributed by atoms with Crippen LogP contribution in [0.4, 0.5) is 0 Å². The molecule has 0 heterocycles. The van der Waals surface area contributed by atoms with Crippen LogP contribution in [-0.4, -0.2) is 0 Å². The van der Waals surface area contributed by atoms with Gasteiger partial charge in [0.15, 0.2) is 0 Å². The van der Waals surface area contributed by atoms with Gasteiger partial charge in [0.05, 0.1) is 0 Å². The molecular weight excluding hydrogens is 180 g/mol. The Morgan fingerprint density at radius 1 is 1.20 bits per heavy atom. The van der Waals surface area contributed by atoms with Crippen molar-refractivity contribution in [2.45, 2.75) is 47.5 Å². The highest BCUT2D eigenvalue weighted by molar-refractivity contribution is 4.93. The third-order valence-electron chi connectivity index (χ3n) is 4.19. The van der Waals surface area contributed by atoms with Crippen LogP contribution >= 0.6 is 0 Å². The molecule has 15 heavy (non-hydrogen) atoms. The molecule has 0 aromatic heterocycles. The van der Waals surface area contributed by atoms with Gasteiger partial charge in [-0.25, -0.2) is 0 Å². The quantitative estimate of drug-likeness (QED) is 0.512. The first-order chi connectivity index (χ1) is 6.90. The summed E-state index contributed by atoms with van der Waals surface area (Å²) in [6.45, 7) is 19.3. The standard InChI is InChI=1S/C15H28/c1-8-12(4)14(6)13(5)11-15(7,9-2)10-3/h8-9,12-14H,1-2,10-11H2,3-7H3. The Hall–Kier alpha value is -0.520. The Morgan fingerprint density at radius 3 is 2.07 bits per heavy atom. The second kappa shape index (κ2) is 6.15. The molecule has 0 aliphatic carbocycles. The Labute approximate surface area is 96.5 Å². The van der Waals surface area contributed by atoms with Crippen LogP contribution in [0.15, 0.2) is 25.3 Å². The van der Waals surface area contributed by atoms with E-state index in [1.165, 1.54) is 12.8 Å². The van der Waals surface area contributed by atoms with E-state index in [0.717, 1.165) is 5.92 Å². The molecule has 0 bridgehead atoms. The lowest BCUT2D eigenvalue weighted by Gasteiger charge is -2.32. The Morgan fingerprint density at radius 2 is 1.73 bits per heavy atom. The zero-order valence-electron chi connectivity index (χ0n) is 11.2. The molecule has 0 aliphatic rings.